The van der Waals surface area contributed by atoms with Gasteiger partial charge in [-0.25, -0.2) is 0 Å². The van der Waals surface area contributed by atoms with Crippen LogP contribution in [-0.2, 0) is 9.53 Å². The van der Waals surface area contributed by atoms with Gasteiger partial charge in [-0.15, -0.1) is 0 Å². The van der Waals surface area contributed by atoms with Crippen LogP contribution in [0.2, 0.25) is 0 Å². The molecule has 2 N–H and O–H groups in total. The molecule has 7 heteroatoms. The summed E-state index contributed by atoms with van der Waals surface area (Å²) in [4.78, 5) is 28.8. The number of carboxylic acids is 1. The quantitative estimate of drug-likeness (QED) is 0.822. The minimum atomic E-state index is -0.867. The SMILES string of the molecule is CCNC(=O)c1cc(N2CCOCC2CC(=O)O)ccn1. The van der Waals surface area contributed by atoms with Gasteiger partial charge in [0.25, 0.3) is 5.91 Å². The summed E-state index contributed by atoms with van der Waals surface area (Å²) in [5.41, 5.74) is 1.12. The maximum Gasteiger partial charge on any atom is 0.305 e. The van der Waals surface area contributed by atoms with E-state index in [0.717, 1.165) is 5.69 Å². The van der Waals surface area contributed by atoms with Crippen LogP contribution in [0.25, 0.3) is 0 Å². The van der Waals surface area contributed by atoms with Gasteiger partial charge in [-0.05, 0) is 19.1 Å². The smallest absolute Gasteiger partial charge is 0.305 e. The van der Waals surface area contributed by atoms with Gasteiger partial charge in [0.05, 0.1) is 25.7 Å². The van der Waals surface area contributed by atoms with Crippen LogP contribution in [0.3, 0.4) is 0 Å². The third-order valence-electron chi connectivity index (χ3n) is 3.28. The molecule has 1 saturated heterocycles. The Balaban J connectivity index is 2.20. The van der Waals surface area contributed by atoms with Crippen LogP contribution >= 0.6 is 0 Å². The second kappa shape index (κ2) is 7.03. The Morgan fingerprint density at radius 3 is 3.10 bits per heavy atom. The summed E-state index contributed by atoms with van der Waals surface area (Å²) >= 11 is 0. The van der Waals surface area contributed by atoms with Crippen LogP contribution in [0.1, 0.15) is 23.8 Å². The van der Waals surface area contributed by atoms with E-state index in [1.165, 1.54) is 0 Å². The van der Waals surface area contributed by atoms with E-state index in [1.807, 2.05) is 11.8 Å². The number of aromatic nitrogens is 1. The Kier molecular flexibility index (Phi) is 5.10. The molecule has 0 spiro atoms. The number of rotatable bonds is 5. The number of hydrogen-bond donors (Lipinski definition) is 2. The van der Waals surface area contributed by atoms with Gasteiger partial charge in [0.15, 0.2) is 0 Å². The number of morpholine rings is 1. The standard InChI is InChI=1S/C14H19N3O4/c1-2-15-14(20)12-7-10(3-4-16-12)17-5-6-21-9-11(17)8-13(18)19/h3-4,7,11H,2,5-6,8-9H2,1H3,(H,15,20)(H,18,19). The number of pyridine rings is 1. The lowest BCUT2D eigenvalue weighted by molar-refractivity contribution is -0.138. The lowest BCUT2D eigenvalue weighted by atomic mass is 10.1. The van der Waals surface area contributed by atoms with Gasteiger partial charge in [-0.1, -0.05) is 0 Å². The van der Waals surface area contributed by atoms with Gasteiger partial charge < -0.3 is 20.1 Å². The summed E-state index contributed by atoms with van der Waals surface area (Å²) in [5, 5.41) is 11.7. The largest absolute Gasteiger partial charge is 0.481 e. The molecule has 2 heterocycles. The van der Waals surface area contributed by atoms with E-state index in [4.69, 9.17) is 9.84 Å². The molecule has 0 radical (unpaired) electrons. The van der Waals surface area contributed by atoms with E-state index in [1.54, 1.807) is 18.3 Å². The molecular formula is C14H19N3O4. The van der Waals surface area contributed by atoms with Crippen molar-refractivity contribution in [3.8, 4) is 0 Å². The first-order valence-corrected chi connectivity index (χ1v) is 6.92. The van der Waals surface area contributed by atoms with E-state index < -0.39 is 5.97 Å². The maximum absolute atomic E-state index is 11.8. The molecular weight excluding hydrogens is 274 g/mol. The highest BCUT2D eigenvalue weighted by atomic mass is 16.5. The highest BCUT2D eigenvalue weighted by Crippen LogP contribution is 2.21. The molecule has 114 valence electrons. The molecule has 1 aliphatic rings. The van der Waals surface area contributed by atoms with Crippen LogP contribution in [-0.4, -0.2) is 54.3 Å². The predicted molar refractivity (Wildman–Crippen MR) is 76.5 cm³/mol. The minimum Gasteiger partial charge on any atom is -0.481 e. The Hall–Kier alpha value is -2.15. The first-order chi connectivity index (χ1) is 10.1. The van der Waals surface area contributed by atoms with Gasteiger partial charge in [-0.3, -0.25) is 14.6 Å². The van der Waals surface area contributed by atoms with E-state index >= 15 is 0 Å². The lowest BCUT2D eigenvalue weighted by Gasteiger charge is -2.36. The predicted octanol–water partition coefficient (Wildman–Crippen LogP) is 0.511. The summed E-state index contributed by atoms with van der Waals surface area (Å²) in [6, 6.07) is 3.23. The summed E-state index contributed by atoms with van der Waals surface area (Å²) in [6.07, 6.45) is 1.56. The number of ether oxygens (including phenoxy) is 1. The zero-order valence-electron chi connectivity index (χ0n) is 11.9. The molecule has 1 aromatic heterocycles. The highest BCUT2D eigenvalue weighted by Gasteiger charge is 2.26. The Morgan fingerprint density at radius 2 is 2.38 bits per heavy atom. The van der Waals surface area contributed by atoms with Crippen molar-refractivity contribution in [2.75, 3.05) is 31.2 Å². The van der Waals surface area contributed by atoms with Gasteiger partial charge >= 0.3 is 5.97 Å². The van der Waals surface area contributed by atoms with Crippen molar-refractivity contribution in [3.05, 3.63) is 24.0 Å². The fourth-order valence-electron chi connectivity index (χ4n) is 2.34. The number of hydrogen-bond acceptors (Lipinski definition) is 5. The zero-order valence-corrected chi connectivity index (χ0v) is 11.9. The van der Waals surface area contributed by atoms with Crippen molar-refractivity contribution in [1.82, 2.24) is 10.3 Å². The first-order valence-electron chi connectivity index (χ1n) is 6.92. The van der Waals surface area contributed by atoms with Crippen molar-refractivity contribution >= 4 is 17.6 Å². The number of carboxylic acid groups (broad SMARTS) is 1. The number of amides is 1. The van der Waals surface area contributed by atoms with Crippen LogP contribution in [0.4, 0.5) is 5.69 Å². The number of nitrogens with zero attached hydrogens (tertiary/aromatic N) is 2. The maximum atomic E-state index is 11.8. The van der Waals surface area contributed by atoms with E-state index in [9.17, 15) is 9.59 Å². The van der Waals surface area contributed by atoms with Crippen molar-refractivity contribution in [1.29, 1.82) is 0 Å². The summed E-state index contributed by atoms with van der Waals surface area (Å²) in [7, 11) is 0. The van der Waals surface area contributed by atoms with E-state index in [2.05, 4.69) is 10.3 Å². The summed E-state index contributed by atoms with van der Waals surface area (Å²) in [5.74, 6) is -1.10. The molecule has 7 nitrogen and oxygen atoms in total. The lowest BCUT2D eigenvalue weighted by Crippen LogP contribution is -2.46. The average Bonchev–Trinajstić information content (AvgIpc) is 2.47. The third kappa shape index (κ3) is 3.91. The number of carbonyl (C=O) groups is 2. The first kappa shape index (κ1) is 15.2. The third-order valence-corrected chi connectivity index (χ3v) is 3.28. The zero-order chi connectivity index (χ0) is 15.2. The van der Waals surface area contributed by atoms with Crippen molar-refractivity contribution in [3.63, 3.8) is 0 Å². The number of nitrogens with one attached hydrogen (secondary N) is 1. The molecule has 21 heavy (non-hydrogen) atoms. The van der Waals surface area contributed by atoms with E-state index in [-0.39, 0.29) is 18.4 Å². The molecule has 0 aromatic carbocycles. The van der Waals surface area contributed by atoms with Crippen LogP contribution in [0.15, 0.2) is 18.3 Å². The van der Waals surface area contributed by atoms with Crippen molar-refractivity contribution in [2.24, 2.45) is 0 Å². The van der Waals surface area contributed by atoms with E-state index in [0.29, 0.717) is 32.0 Å². The van der Waals surface area contributed by atoms with Gasteiger partial charge in [-0.2, -0.15) is 0 Å². The molecule has 1 aromatic rings. The average molecular weight is 293 g/mol. The summed E-state index contributed by atoms with van der Waals surface area (Å²) < 4.78 is 5.35. The normalized spacial score (nSPS) is 18.3. The Labute approximate surface area is 122 Å². The molecule has 0 bridgehead atoms. The van der Waals surface area contributed by atoms with Crippen molar-refractivity contribution < 1.29 is 19.4 Å². The fraction of sp³-hybridized carbons (Fsp3) is 0.500. The summed E-state index contributed by atoms with van der Waals surface area (Å²) in [6.45, 7) is 3.87. The molecule has 1 aliphatic heterocycles. The Morgan fingerprint density at radius 1 is 1.57 bits per heavy atom. The fourth-order valence-corrected chi connectivity index (χ4v) is 2.34. The monoisotopic (exact) mass is 293 g/mol. The molecule has 0 aliphatic carbocycles. The number of anilines is 1. The molecule has 1 amide bonds. The topological polar surface area (TPSA) is 91.8 Å². The second-order valence-corrected chi connectivity index (χ2v) is 4.78. The number of aliphatic carboxylic acids is 1. The second-order valence-electron chi connectivity index (χ2n) is 4.78. The molecule has 0 saturated carbocycles. The van der Waals surface area contributed by atoms with Crippen LogP contribution in [0.5, 0.6) is 0 Å². The van der Waals surface area contributed by atoms with Crippen molar-refractivity contribution in [2.45, 2.75) is 19.4 Å². The minimum absolute atomic E-state index is 0.00118. The van der Waals surface area contributed by atoms with Crippen LogP contribution in [0, 0.1) is 0 Å². The van der Waals surface area contributed by atoms with Crippen LogP contribution < -0.4 is 10.2 Å². The Bertz CT molecular complexity index is 521. The molecule has 1 fully saturated rings. The molecule has 1 unspecified atom stereocenters. The van der Waals surface area contributed by atoms with Gasteiger partial charge in [0.1, 0.15) is 5.69 Å². The van der Waals surface area contributed by atoms with Gasteiger partial charge in [0.2, 0.25) is 0 Å². The van der Waals surface area contributed by atoms with Gasteiger partial charge in [0, 0.05) is 25.0 Å². The molecule has 2 rings (SSSR count). The molecule has 1 atom stereocenters. The highest BCUT2D eigenvalue weighted by molar-refractivity contribution is 5.93. The number of carbonyl (C=O) groups excluding carboxylic acids is 1.